The minimum absolute atomic E-state index is 0.0507. The van der Waals surface area contributed by atoms with Gasteiger partial charge in [-0.25, -0.2) is 4.79 Å². The third-order valence-corrected chi connectivity index (χ3v) is 3.00. The number of ether oxygens (including phenoxy) is 1. The molecule has 0 heterocycles. The van der Waals surface area contributed by atoms with Gasteiger partial charge in [-0.05, 0) is 24.1 Å². The summed E-state index contributed by atoms with van der Waals surface area (Å²) in [6, 6.07) is 12.8. The van der Waals surface area contributed by atoms with Gasteiger partial charge >= 0.3 is 5.97 Å². The summed E-state index contributed by atoms with van der Waals surface area (Å²) in [5, 5.41) is 10.4. The molecule has 0 unspecified atom stereocenters. The van der Waals surface area contributed by atoms with Crippen LogP contribution in [0.4, 0.5) is 0 Å². The molecule has 3 heteroatoms. The van der Waals surface area contributed by atoms with Crippen molar-refractivity contribution in [3.63, 3.8) is 0 Å². The lowest BCUT2D eigenvalue weighted by Crippen LogP contribution is -2.06. The standard InChI is InChI=1S/C17H16O3/c1-3-11-20-17(19)14-10-9-12(2)15(16(14)18)13-7-5-4-6-8-13/h3-10,18H,1,11H2,2H3. The number of phenols is 1. The Morgan fingerprint density at radius 1 is 1.25 bits per heavy atom. The number of aryl methyl sites for hydroxylation is 1. The highest BCUT2D eigenvalue weighted by atomic mass is 16.5. The van der Waals surface area contributed by atoms with Crippen LogP contribution in [0.3, 0.4) is 0 Å². The number of hydrogen-bond donors (Lipinski definition) is 1. The summed E-state index contributed by atoms with van der Waals surface area (Å²) < 4.78 is 4.97. The van der Waals surface area contributed by atoms with E-state index < -0.39 is 5.97 Å². The molecule has 0 aliphatic heterocycles. The van der Waals surface area contributed by atoms with Crippen molar-refractivity contribution in [2.45, 2.75) is 6.92 Å². The molecule has 0 spiro atoms. The molecule has 2 rings (SSSR count). The van der Waals surface area contributed by atoms with Crippen molar-refractivity contribution >= 4 is 5.97 Å². The van der Waals surface area contributed by atoms with Crippen LogP contribution in [0, 0.1) is 6.92 Å². The molecular weight excluding hydrogens is 252 g/mol. The molecule has 0 atom stereocenters. The highest BCUT2D eigenvalue weighted by molar-refractivity contribution is 5.96. The average molecular weight is 268 g/mol. The van der Waals surface area contributed by atoms with Crippen molar-refractivity contribution < 1.29 is 14.6 Å². The van der Waals surface area contributed by atoms with Crippen molar-refractivity contribution in [2.24, 2.45) is 0 Å². The third kappa shape index (κ3) is 2.72. The van der Waals surface area contributed by atoms with Gasteiger partial charge in [0.15, 0.2) is 0 Å². The predicted octanol–water partition coefficient (Wildman–Crippen LogP) is 3.71. The Balaban J connectivity index is 2.48. The van der Waals surface area contributed by atoms with Crippen molar-refractivity contribution in [2.75, 3.05) is 6.61 Å². The van der Waals surface area contributed by atoms with E-state index in [9.17, 15) is 9.90 Å². The maximum Gasteiger partial charge on any atom is 0.342 e. The summed E-state index contributed by atoms with van der Waals surface area (Å²) >= 11 is 0. The molecule has 102 valence electrons. The molecule has 3 nitrogen and oxygen atoms in total. The lowest BCUT2D eigenvalue weighted by Gasteiger charge is -2.12. The van der Waals surface area contributed by atoms with Crippen LogP contribution in [-0.2, 0) is 4.74 Å². The number of carbonyl (C=O) groups is 1. The molecule has 0 aliphatic rings. The van der Waals surface area contributed by atoms with E-state index in [0.717, 1.165) is 11.1 Å². The van der Waals surface area contributed by atoms with Gasteiger partial charge < -0.3 is 9.84 Å². The molecule has 0 saturated heterocycles. The number of hydrogen-bond acceptors (Lipinski definition) is 3. The van der Waals surface area contributed by atoms with Crippen molar-refractivity contribution in [1.82, 2.24) is 0 Å². The molecule has 0 radical (unpaired) electrons. The molecule has 20 heavy (non-hydrogen) atoms. The summed E-state index contributed by atoms with van der Waals surface area (Å²) in [6.45, 7) is 5.50. The molecular formula is C17H16O3. The summed E-state index contributed by atoms with van der Waals surface area (Å²) in [5.41, 5.74) is 2.57. The molecule has 0 amide bonds. The summed E-state index contributed by atoms with van der Waals surface area (Å²) in [4.78, 5) is 11.9. The minimum Gasteiger partial charge on any atom is -0.506 e. The number of aromatic hydroxyl groups is 1. The smallest absolute Gasteiger partial charge is 0.342 e. The van der Waals surface area contributed by atoms with E-state index in [4.69, 9.17) is 4.74 Å². The highest BCUT2D eigenvalue weighted by Gasteiger charge is 2.18. The third-order valence-electron chi connectivity index (χ3n) is 3.00. The van der Waals surface area contributed by atoms with Crippen LogP contribution < -0.4 is 0 Å². The molecule has 0 fully saturated rings. The number of phenolic OH excluding ortho intramolecular Hbond substituents is 1. The first-order valence-corrected chi connectivity index (χ1v) is 6.31. The molecule has 0 saturated carbocycles. The van der Waals surface area contributed by atoms with Gasteiger partial charge in [-0.15, -0.1) is 0 Å². The van der Waals surface area contributed by atoms with E-state index in [0.29, 0.717) is 5.56 Å². The number of rotatable bonds is 4. The fourth-order valence-corrected chi connectivity index (χ4v) is 2.04. The zero-order valence-corrected chi connectivity index (χ0v) is 11.3. The number of carbonyl (C=O) groups excluding carboxylic acids is 1. The first-order valence-electron chi connectivity index (χ1n) is 6.31. The topological polar surface area (TPSA) is 46.5 Å². The minimum atomic E-state index is -0.556. The van der Waals surface area contributed by atoms with Gasteiger partial charge in [0.2, 0.25) is 0 Å². The van der Waals surface area contributed by atoms with Gasteiger partial charge in [-0.2, -0.15) is 0 Å². The van der Waals surface area contributed by atoms with E-state index in [1.165, 1.54) is 6.08 Å². The van der Waals surface area contributed by atoms with Gasteiger partial charge in [-0.3, -0.25) is 0 Å². The summed E-state index contributed by atoms with van der Waals surface area (Å²) in [5.74, 6) is -0.607. The molecule has 2 aromatic carbocycles. The van der Waals surface area contributed by atoms with Crippen LogP contribution in [0.15, 0.2) is 55.1 Å². The van der Waals surface area contributed by atoms with Crippen LogP contribution in [0.2, 0.25) is 0 Å². The number of benzene rings is 2. The Morgan fingerprint density at radius 2 is 1.95 bits per heavy atom. The Bertz CT molecular complexity index is 630. The molecule has 0 aromatic heterocycles. The summed E-state index contributed by atoms with van der Waals surface area (Å²) in [6.07, 6.45) is 1.49. The first-order chi connectivity index (χ1) is 9.65. The van der Waals surface area contributed by atoms with Crippen LogP contribution in [0.5, 0.6) is 5.75 Å². The molecule has 0 bridgehead atoms. The zero-order chi connectivity index (χ0) is 14.5. The highest BCUT2D eigenvalue weighted by Crippen LogP contribution is 2.35. The number of esters is 1. The van der Waals surface area contributed by atoms with E-state index in [2.05, 4.69) is 6.58 Å². The van der Waals surface area contributed by atoms with E-state index in [1.54, 1.807) is 12.1 Å². The second-order valence-corrected chi connectivity index (χ2v) is 4.41. The van der Waals surface area contributed by atoms with Crippen LogP contribution in [0.25, 0.3) is 11.1 Å². The Kier molecular flexibility index (Phi) is 4.20. The SMILES string of the molecule is C=CCOC(=O)c1ccc(C)c(-c2ccccc2)c1O. The van der Waals surface area contributed by atoms with E-state index >= 15 is 0 Å². The maximum absolute atomic E-state index is 11.9. The normalized spacial score (nSPS) is 10.1. The quantitative estimate of drug-likeness (QED) is 0.679. The van der Waals surface area contributed by atoms with Crippen molar-refractivity contribution in [3.8, 4) is 16.9 Å². The van der Waals surface area contributed by atoms with E-state index in [1.807, 2.05) is 37.3 Å². The fraction of sp³-hybridized carbons (Fsp3) is 0.118. The molecule has 2 aromatic rings. The second-order valence-electron chi connectivity index (χ2n) is 4.41. The summed E-state index contributed by atoms with van der Waals surface area (Å²) in [7, 11) is 0. The largest absolute Gasteiger partial charge is 0.506 e. The fourth-order valence-electron chi connectivity index (χ4n) is 2.04. The monoisotopic (exact) mass is 268 g/mol. The van der Waals surface area contributed by atoms with E-state index in [-0.39, 0.29) is 17.9 Å². The predicted molar refractivity (Wildman–Crippen MR) is 78.8 cm³/mol. The van der Waals surface area contributed by atoms with Crippen molar-refractivity contribution in [1.29, 1.82) is 0 Å². The first kappa shape index (κ1) is 13.9. The van der Waals surface area contributed by atoms with Gasteiger partial charge in [0.25, 0.3) is 0 Å². The van der Waals surface area contributed by atoms with Crippen LogP contribution >= 0.6 is 0 Å². The van der Waals surface area contributed by atoms with Crippen molar-refractivity contribution in [3.05, 3.63) is 66.2 Å². The Morgan fingerprint density at radius 3 is 2.60 bits per heavy atom. The molecule has 1 N–H and O–H groups in total. The van der Waals surface area contributed by atoms with Gasteiger partial charge in [0, 0.05) is 5.56 Å². The van der Waals surface area contributed by atoms with Gasteiger partial charge in [0.05, 0.1) is 0 Å². The average Bonchev–Trinajstić information content (AvgIpc) is 2.46. The lowest BCUT2D eigenvalue weighted by molar-refractivity contribution is 0.0546. The van der Waals surface area contributed by atoms with Crippen LogP contribution in [0.1, 0.15) is 15.9 Å². The second kappa shape index (κ2) is 6.06. The van der Waals surface area contributed by atoms with Gasteiger partial charge in [-0.1, -0.05) is 49.1 Å². The lowest BCUT2D eigenvalue weighted by atomic mass is 9.96. The Labute approximate surface area is 118 Å². The zero-order valence-electron chi connectivity index (χ0n) is 11.3. The van der Waals surface area contributed by atoms with Crippen LogP contribution in [-0.4, -0.2) is 17.7 Å². The Hall–Kier alpha value is -2.55. The molecule has 0 aliphatic carbocycles. The van der Waals surface area contributed by atoms with Gasteiger partial charge in [0.1, 0.15) is 17.9 Å². The maximum atomic E-state index is 11.9.